The van der Waals surface area contributed by atoms with Gasteiger partial charge < -0.3 is 5.11 Å². The first-order valence-corrected chi connectivity index (χ1v) is 8.31. The summed E-state index contributed by atoms with van der Waals surface area (Å²) in [5.41, 5.74) is 1.66. The number of aromatic carboxylic acids is 1. The number of hydrogen-bond acceptors (Lipinski definition) is 3. The molecule has 116 valence electrons. The number of nitrogens with one attached hydrogen (secondary N) is 1. The second-order valence-corrected chi connectivity index (χ2v) is 6.60. The maximum atomic E-state index is 12.3. The molecule has 0 amide bonds. The molecule has 0 heterocycles. The zero-order valence-electron chi connectivity index (χ0n) is 12.1. The Morgan fingerprint density at radius 2 is 1.77 bits per heavy atom. The van der Waals surface area contributed by atoms with Gasteiger partial charge in [-0.15, -0.1) is 0 Å². The van der Waals surface area contributed by atoms with Crippen LogP contribution in [0, 0.1) is 0 Å². The Bertz CT molecular complexity index is 784. The van der Waals surface area contributed by atoms with Crippen LogP contribution in [0.5, 0.6) is 0 Å². The molecule has 0 unspecified atom stereocenters. The van der Waals surface area contributed by atoms with E-state index in [1.807, 2.05) is 13.0 Å². The summed E-state index contributed by atoms with van der Waals surface area (Å²) in [6.07, 6.45) is 0.754. The summed E-state index contributed by atoms with van der Waals surface area (Å²) in [6.45, 7) is 2.00. The number of carboxylic acids is 1. The lowest BCUT2D eigenvalue weighted by Gasteiger charge is -2.08. The molecule has 2 aromatic rings. The second kappa shape index (κ2) is 6.72. The molecule has 2 aromatic carbocycles. The zero-order chi connectivity index (χ0) is 16.2. The first kappa shape index (κ1) is 16.2. The molecule has 0 spiro atoms. The molecule has 0 saturated heterocycles. The summed E-state index contributed by atoms with van der Waals surface area (Å²) >= 11 is 0. The van der Waals surface area contributed by atoms with Gasteiger partial charge in [0.15, 0.2) is 0 Å². The van der Waals surface area contributed by atoms with E-state index in [0.717, 1.165) is 12.0 Å². The molecular weight excluding hydrogens is 302 g/mol. The van der Waals surface area contributed by atoms with Gasteiger partial charge in [0.05, 0.1) is 10.5 Å². The third-order valence-electron chi connectivity index (χ3n) is 3.26. The van der Waals surface area contributed by atoms with E-state index in [1.165, 1.54) is 18.2 Å². The van der Waals surface area contributed by atoms with Gasteiger partial charge in [-0.1, -0.05) is 31.2 Å². The average molecular weight is 319 g/mol. The van der Waals surface area contributed by atoms with Gasteiger partial charge in [-0.2, -0.15) is 0 Å². The van der Waals surface area contributed by atoms with Crippen LogP contribution in [0.4, 0.5) is 0 Å². The van der Waals surface area contributed by atoms with Gasteiger partial charge in [0, 0.05) is 6.54 Å². The van der Waals surface area contributed by atoms with Gasteiger partial charge in [0.25, 0.3) is 0 Å². The van der Waals surface area contributed by atoms with Gasteiger partial charge in [0.2, 0.25) is 10.0 Å². The first-order valence-electron chi connectivity index (χ1n) is 6.83. The zero-order valence-corrected chi connectivity index (χ0v) is 12.9. The van der Waals surface area contributed by atoms with E-state index >= 15 is 0 Å². The standard InChI is InChI=1S/C16H17NO4S/c1-2-12-5-4-8-15(10-12)22(20,21)17-11-13-6-3-7-14(9-13)16(18)19/h3-10,17H,2,11H2,1H3,(H,18,19). The SMILES string of the molecule is CCc1cccc(S(=O)(=O)NCc2cccc(C(=O)O)c2)c1. The molecule has 2 rings (SSSR count). The highest BCUT2D eigenvalue weighted by atomic mass is 32.2. The lowest BCUT2D eigenvalue weighted by atomic mass is 10.1. The van der Waals surface area contributed by atoms with Crippen LogP contribution in [0.25, 0.3) is 0 Å². The van der Waals surface area contributed by atoms with Crippen LogP contribution < -0.4 is 4.72 Å². The smallest absolute Gasteiger partial charge is 0.335 e. The summed E-state index contributed by atoms with van der Waals surface area (Å²) in [6, 6.07) is 12.9. The fraction of sp³-hybridized carbons (Fsp3) is 0.188. The lowest BCUT2D eigenvalue weighted by Crippen LogP contribution is -2.23. The molecule has 6 heteroatoms. The summed E-state index contributed by atoms with van der Waals surface area (Å²) in [4.78, 5) is 11.1. The maximum absolute atomic E-state index is 12.3. The van der Waals surface area contributed by atoms with Crippen molar-refractivity contribution in [1.29, 1.82) is 0 Å². The maximum Gasteiger partial charge on any atom is 0.335 e. The molecular formula is C16H17NO4S. The van der Waals surface area contributed by atoms with E-state index in [0.29, 0.717) is 5.56 Å². The number of benzene rings is 2. The Morgan fingerprint density at radius 3 is 2.45 bits per heavy atom. The van der Waals surface area contributed by atoms with E-state index < -0.39 is 16.0 Å². The van der Waals surface area contributed by atoms with Crippen LogP contribution in [0.1, 0.15) is 28.4 Å². The van der Waals surface area contributed by atoms with Crippen LogP contribution >= 0.6 is 0 Å². The van der Waals surface area contributed by atoms with Gasteiger partial charge in [-0.05, 0) is 41.8 Å². The minimum atomic E-state index is -3.62. The molecule has 0 radical (unpaired) electrons. The van der Waals surface area contributed by atoms with Crippen molar-refractivity contribution in [1.82, 2.24) is 4.72 Å². The molecule has 0 aliphatic rings. The second-order valence-electron chi connectivity index (χ2n) is 4.83. The highest BCUT2D eigenvalue weighted by molar-refractivity contribution is 7.89. The number of rotatable bonds is 6. The third kappa shape index (κ3) is 3.93. The molecule has 0 bridgehead atoms. The summed E-state index contributed by atoms with van der Waals surface area (Å²) in [7, 11) is -3.62. The van der Waals surface area contributed by atoms with Crippen molar-refractivity contribution >= 4 is 16.0 Å². The van der Waals surface area contributed by atoms with Crippen molar-refractivity contribution in [2.45, 2.75) is 24.8 Å². The normalized spacial score (nSPS) is 11.3. The minimum absolute atomic E-state index is 0.0415. The predicted octanol–water partition coefficient (Wildman–Crippen LogP) is 2.43. The van der Waals surface area contributed by atoms with E-state index in [1.54, 1.807) is 24.3 Å². The van der Waals surface area contributed by atoms with Crippen molar-refractivity contribution in [3.8, 4) is 0 Å². The summed E-state index contributed by atoms with van der Waals surface area (Å²) < 4.78 is 27.0. The molecule has 0 aromatic heterocycles. The monoisotopic (exact) mass is 319 g/mol. The van der Waals surface area contributed by atoms with Gasteiger partial charge in [-0.25, -0.2) is 17.9 Å². The fourth-order valence-corrected chi connectivity index (χ4v) is 3.10. The molecule has 22 heavy (non-hydrogen) atoms. The van der Waals surface area contributed by atoms with Crippen molar-refractivity contribution < 1.29 is 18.3 Å². The Balaban J connectivity index is 2.15. The Kier molecular flexibility index (Phi) is 4.95. The highest BCUT2D eigenvalue weighted by Crippen LogP contribution is 2.13. The summed E-state index contributed by atoms with van der Waals surface area (Å²) in [5, 5.41) is 8.93. The Labute approximate surface area is 129 Å². The third-order valence-corrected chi connectivity index (χ3v) is 4.66. The molecule has 5 nitrogen and oxygen atoms in total. The molecule has 0 aliphatic carbocycles. The number of carboxylic acid groups (broad SMARTS) is 1. The van der Waals surface area contributed by atoms with Gasteiger partial charge >= 0.3 is 5.97 Å². The number of hydrogen-bond donors (Lipinski definition) is 2. The molecule has 0 atom stereocenters. The number of aryl methyl sites for hydroxylation is 1. The Hall–Kier alpha value is -2.18. The van der Waals surface area contributed by atoms with Crippen molar-refractivity contribution in [3.05, 3.63) is 65.2 Å². The van der Waals surface area contributed by atoms with E-state index in [9.17, 15) is 13.2 Å². The highest BCUT2D eigenvalue weighted by Gasteiger charge is 2.14. The molecule has 0 aliphatic heterocycles. The quantitative estimate of drug-likeness (QED) is 0.856. The predicted molar refractivity (Wildman–Crippen MR) is 83.2 cm³/mol. The van der Waals surface area contributed by atoms with E-state index in [-0.39, 0.29) is 17.0 Å². The fourth-order valence-electron chi connectivity index (χ4n) is 2.01. The van der Waals surface area contributed by atoms with E-state index in [2.05, 4.69) is 4.72 Å². The first-order chi connectivity index (χ1) is 10.4. The van der Waals surface area contributed by atoms with E-state index in [4.69, 9.17) is 5.11 Å². The lowest BCUT2D eigenvalue weighted by molar-refractivity contribution is 0.0696. The molecule has 0 fully saturated rings. The number of carbonyl (C=O) groups is 1. The topological polar surface area (TPSA) is 83.5 Å². The van der Waals surface area contributed by atoms with Crippen molar-refractivity contribution in [2.75, 3.05) is 0 Å². The minimum Gasteiger partial charge on any atom is -0.478 e. The largest absolute Gasteiger partial charge is 0.478 e. The van der Waals surface area contributed by atoms with Crippen LogP contribution in [-0.4, -0.2) is 19.5 Å². The van der Waals surface area contributed by atoms with Crippen LogP contribution in [0.15, 0.2) is 53.4 Å². The van der Waals surface area contributed by atoms with Crippen LogP contribution in [0.3, 0.4) is 0 Å². The Morgan fingerprint density at radius 1 is 1.09 bits per heavy atom. The average Bonchev–Trinajstić information content (AvgIpc) is 2.53. The molecule has 0 saturated carbocycles. The van der Waals surface area contributed by atoms with Crippen LogP contribution in [-0.2, 0) is 23.0 Å². The van der Waals surface area contributed by atoms with Crippen molar-refractivity contribution in [3.63, 3.8) is 0 Å². The molecule has 2 N–H and O–H groups in total. The summed E-state index contributed by atoms with van der Waals surface area (Å²) in [5.74, 6) is -1.04. The van der Waals surface area contributed by atoms with Crippen molar-refractivity contribution in [2.24, 2.45) is 0 Å². The van der Waals surface area contributed by atoms with Gasteiger partial charge in [0.1, 0.15) is 0 Å². The van der Waals surface area contributed by atoms with Gasteiger partial charge in [-0.3, -0.25) is 0 Å². The number of sulfonamides is 1. The van der Waals surface area contributed by atoms with Crippen LogP contribution in [0.2, 0.25) is 0 Å².